The van der Waals surface area contributed by atoms with E-state index in [1.807, 2.05) is 0 Å². The van der Waals surface area contributed by atoms with Crippen LogP contribution in [-0.2, 0) is 23.9 Å². The Bertz CT molecular complexity index is 479. The molecule has 3 rings (SSSR count). The number of hydrogen-bond acceptors (Lipinski definition) is 5. The Kier molecular flexibility index (Phi) is 5.06. The summed E-state index contributed by atoms with van der Waals surface area (Å²) >= 11 is 0. The van der Waals surface area contributed by atoms with E-state index in [1.165, 1.54) is 0 Å². The molecule has 0 bridgehead atoms. The minimum absolute atomic E-state index is 0.000694. The number of carboxylic acid groups (broad SMARTS) is 2. The zero-order chi connectivity index (χ0) is 17.1. The van der Waals surface area contributed by atoms with Gasteiger partial charge in [0.05, 0.1) is 25.7 Å². The van der Waals surface area contributed by atoms with Crippen molar-refractivity contribution in [2.24, 2.45) is 10.8 Å². The number of aliphatic carboxylic acids is 2. The lowest BCUT2D eigenvalue weighted by Gasteiger charge is -2.42. The maximum Gasteiger partial charge on any atom is 0.314 e. The summed E-state index contributed by atoms with van der Waals surface area (Å²) in [6, 6.07) is 0. The maximum absolute atomic E-state index is 10.8. The topological polar surface area (TPSA) is 118 Å². The largest absolute Gasteiger partial charge is 0.481 e. The summed E-state index contributed by atoms with van der Waals surface area (Å²) in [7, 11) is 0. The van der Waals surface area contributed by atoms with Gasteiger partial charge in [0.2, 0.25) is 0 Å². The van der Waals surface area contributed by atoms with Crippen molar-refractivity contribution in [1.29, 1.82) is 0 Å². The van der Waals surface area contributed by atoms with Crippen LogP contribution in [0.3, 0.4) is 0 Å². The molecule has 0 amide bonds. The average Bonchev–Trinajstić information content (AvgIpc) is 2.32. The van der Waals surface area contributed by atoms with E-state index in [2.05, 4.69) is 4.74 Å². The van der Waals surface area contributed by atoms with E-state index >= 15 is 0 Å². The van der Waals surface area contributed by atoms with Gasteiger partial charge in [-0.05, 0) is 36.5 Å². The predicted octanol–water partition coefficient (Wildman–Crippen LogP) is 2.13. The first-order valence-electron chi connectivity index (χ1n) is 7.91. The number of ether oxygens (including phenoxy) is 1. The van der Waals surface area contributed by atoms with Gasteiger partial charge in [-0.1, -0.05) is 12.8 Å². The Morgan fingerprint density at radius 1 is 0.870 bits per heavy atom. The zero-order valence-electron chi connectivity index (χ0n) is 13.0. The second-order valence-electron chi connectivity index (χ2n) is 7.05. The van der Waals surface area contributed by atoms with Crippen molar-refractivity contribution in [3.05, 3.63) is 0 Å². The molecule has 7 heteroatoms. The number of carboxylic acids is 2. The first-order chi connectivity index (χ1) is 10.7. The summed E-state index contributed by atoms with van der Waals surface area (Å²) in [5.41, 5.74) is -0.413. The fourth-order valence-electron chi connectivity index (χ4n) is 3.64. The number of cyclic esters (lactones) is 2. The third kappa shape index (κ3) is 4.53. The van der Waals surface area contributed by atoms with E-state index in [0.717, 1.165) is 38.5 Å². The summed E-state index contributed by atoms with van der Waals surface area (Å²) in [5.74, 6) is -2.45. The fraction of sp³-hybridized carbons (Fsp3) is 0.750. The molecule has 0 unspecified atom stereocenters. The molecular weight excluding hydrogens is 304 g/mol. The van der Waals surface area contributed by atoms with E-state index in [9.17, 15) is 19.2 Å². The minimum atomic E-state index is -0.893. The number of rotatable bonds is 4. The van der Waals surface area contributed by atoms with Crippen LogP contribution in [0.2, 0.25) is 0 Å². The van der Waals surface area contributed by atoms with Crippen LogP contribution < -0.4 is 0 Å². The smallest absolute Gasteiger partial charge is 0.314 e. The molecule has 128 valence electrons. The zero-order valence-corrected chi connectivity index (χ0v) is 13.0. The molecule has 2 saturated carbocycles. The van der Waals surface area contributed by atoms with E-state index in [-0.39, 0.29) is 30.2 Å². The molecule has 23 heavy (non-hydrogen) atoms. The van der Waals surface area contributed by atoms with Gasteiger partial charge in [0.15, 0.2) is 0 Å². The van der Waals surface area contributed by atoms with E-state index in [1.54, 1.807) is 0 Å². The predicted molar refractivity (Wildman–Crippen MR) is 77.4 cm³/mol. The number of esters is 2. The monoisotopic (exact) mass is 326 g/mol. The lowest BCUT2D eigenvalue weighted by molar-refractivity contribution is -0.172. The second-order valence-corrected chi connectivity index (χ2v) is 7.05. The molecule has 1 heterocycles. The van der Waals surface area contributed by atoms with Crippen molar-refractivity contribution in [2.75, 3.05) is 0 Å². The molecule has 0 atom stereocenters. The van der Waals surface area contributed by atoms with Crippen LogP contribution in [0.25, 0.3) is 0 Å². The highest BCUT2D eigenvalue weighted by Crippen LogP contribution is 2.49. The molecule has 3 fully saturated rings. The van der Waals surface area contributed by atoms with Crippen molar-refractivity contribution in [3.8, 4) is 0 Å². The number of hydrogen-bond donors (Lipinski definition) is 2. The van der Waals surface area contributed by atoms with Gasteiger partial charge < -0.3 is 14.9 Å². The van der Waals surface area contributed by atoms with Crippen LogP contribution in [0.4, 0.5) is 0 Å². The highest BCUT2D eigenvalue weighted by molar-refractivity contribution is 5.89. The molecular formula is C16H22O7. The maximum atomic E-state index is 10.8. The quantitative estimate of drug-likeness (QED) is 0.600. The first-order valence-corrected chi connectivity index (χ1v) is 7.91. The molecule has 3 aliphatic rings. The van der Waals surface area contributed by atoms with Crippen LogP contribution >= 0.6 is 0 Å². The van der Waals surface area contributed by atoms with Crippen molar-refractivity contribution in [2.45, 2.75) is 64.2 Å². The molecule has 2 aliphatic carbocycles. The van der Waals surface area contributed by atoms with Crippen molar-refractivity contribution in [3.63, 3.8) is 0 Å². The molecule has 1 spiro atoms. The highest BCUT2D eigenvalue weighted by atomic mass is 16.6. The number of carbonyl (C=O) groups excluding carboxylic acids is 2. The van der Waals surface area contributed by atoms with Gasteiger partial charge >= 0.3 is 23.9 Å². The van der Waals surface area contributed by atoms with Crippen LogP contribution in [0, 0.1) is 10.8 Å². The third-order valence-corrected chi connectivity index (χ3v) is 5.15. The molecule has 0 aromatic heterocycles. The van der Waals surface area contributed by atoms with Gasteiger partial charge in [0, 0.05) is 0 Å². The highest BCUT2D eigenvalue weighted by Gasteiger charge is 2.45. The molecule has 1 saturated heterocycles. The van der Waals surface area contributed by atoms with Crippen LogP contribution in [0.15, 0.2) is 0 Å². The van der Waals surface area contributed by atoms with Gasteiger partial charge in [0.25, 0.3) is 0 Å². The minimum Gasteiger partial charge on any atom is -0.481 e. The molecule has 0 aromatic rings. The van der Waals surface area contributed by atoms with Crippen LogP contribution in [-0.4, -0.2) is 34.1 Å². The van der Waals surface area contributed by atoms with Crippen LogP contribution in [0.1, 0.15) is 64.2 Å². The van der Waals surface area contributed by atoms with E-state index in [0.29, 0.717) is 12.8 Å². The number of carbonyl (C=O) groups is 4. The summed E-state index contributed by atoms with van der Waals surface area (Å²) < 4.78 is 4.44. The molecule has 0 aromatic carbocycles. The summed E-state index contributed by atoms with van der Waals surface area (Å²) in [6.45, 7) is 0. The van der Waals surface area contributed by atoms with Gasteiger partial charge in [-0.2, -0.15) is 0 Å². The molecule has 0 radical (unpaired) electrons. The van der Waals surface area contributed by atoms with Crippen LogP contribution in [0.5, 0.6) is 0 Å². The summed E-state index contributed by atoms with van der Waals surface area (Å²) in [6.07, 6.45) is 6.55. The van der Waals surface area contributed by atoms with Gasteiger partial charge in [0.1, 0.15) is 0 Å². The van der Waals surface area contributed by atoms with Crippen molar-refractivity contribution < 1.29 is 34.1 Å². The lowest BCUT2D eigenvalue weighted by Crippen LogP contribution is -2.40. The summed E-state index contributed by atoms with van der Waals surface area (Å²) in [5, 5.41) is 17.1. The van der Waals surface area contributed by atoms with Crippen molar-refractivity contribution in [1.82, 2.24) is 0 Å². The molecule has 7 nitrogen and oxygen atoms in total. The SMILES string of the molecule is O=C(O)CC1(CC(=O)O)CCC1.O=C1CC2(CCC2)CC(=O)O1. The fourth-order valence-corrected chi connectivity index (χ4v) is 3.64. The molecule has 2 N–H and O–H groups in total. The van der Waals surface area contributed by atoms with Crippen molar-refractivity contribution >= 4 is 23.9 Å². The Labute approximate surface area is 134 Å². The Morgan fingerprint density at radius 3 is 1.57 bits per heavy atom. The Morgan fingerprint density at radius 2 is 1.30 bits per heavy atom. The Balaban J connectivity index is 0.000000167. The first kappa shape index (κ1) is 17.4. The molecule has 1 aliphatic heterocycles. The van der Waals surface area contributed by atoms with E-state index < -0.39 is 17.4 Å². The summed E-state index contributed by atoms with van der Waals surface area (Å²) in [4.78, 5) is 42.5. The van der Waals surface area contributed by atoms with E-state index in [4.69, 9.17) is 10.2 Å². The second kappa shape index (κ2) is 6.68. The Hall–Kier alpha value is -1.92. The van der Waals surface area contributed by atoms with Gasteiger partial charge in [-0.3, -0.25) is 19.2 Å². The average molecular weight is 326 g/mol. The standard InChI is InChI=1S/C8H12O4.C8H10O3/c9-6(10)4-8(2-1-3-8)5-7(11)12;9-6-4-8(2-1-3-8)5-7(10)11-6/h1-5H2,(H,9,10)(H,11,12);1-5H2. The lowest BCUT2D eigenvalue weighted by atomic mass is 9.64. The van der Waals surface area contributed by atoms with Gasteiger partial charge in [-0.25, -0.2) is 0 Å². The normalized spacial score (nSPS) is 23.7. The third-order valence-electron chi connectivity index (χ3n) is 5.15. The van der Waals surface area contributed by atoms with Gasteiger partial charge in [-0.15, -0.1) is 0 Å².